The molecule has 1 aromatic rings. The molecule has 20 heavy (non-hydrogen) atoms. The van der Waals surface area contributed by atoms with Crippen LogP contribution in [-0.2, 0) is 0 Å². The van der Waals surface area contributed by atoms with Gasteiger partial charge >= 0.3 is 0 Å². The maximum Gasteiger partial charge on any atom is 0.161 e. The van der Waals surface area contributed by atoms with E-state index >= 15 is 0 Å². The number of nitrogens with two attached hydrogens (primary N) is 1. The van der Waals surface area contributed by atoms with Crippen LogP contribution in [0.3, 0.4) is 0 Å². The van der Waals surface area contributed by atoms with Crippen LogP contribution in [0.4, 0.5) is 11.4 Å². The highest BCUT2D eigenvalue weighted by Gasteiger charge is 2.16. The molecule has 3 N–H and O–H groups in total. The number of carbonyl (C=O) groups excluding carboxylic acids is 1. The fourth-order valence-electron chi connectivity index (χ4n) is 2.66. The molecule has 2 rings (SSSR count). The average molecular weight is 277 g/mol. The zero-order chi connectivity index (χ0) is 14.5. The summed E-state index contributed by atoms with van der Waals surface area (Å²) in [6.45, 7) is 6.32. The first-order valence-corrected chi connectivity index (χ1v) is 7.10. The minimum Gasteiger partial charge on any atom is -0.398 e. The highest BCUT2D eigenvalue weighted by Crippen LogP contribution is 2.23. The van der Waals surface area contributed by atoms with Crippen LogP contribution in [0.25, 0.3) is 0 Å². The number of β-amino-alcohol motifs (C(OH)–C–C–N with tert-alkyl or cyclic N) is 1. The summed E-state index contributed by atoms with van der Waals surface area (Å²) in [4.78, 5) is 16.0. The van der Waals surface area contributed by atoms with Gasteiger partial charge in [0.1, 0.15) is 0 Å². The van der Waals surface area contributed by atoms with Gasteiger partial charge in [0.2, 0.25) is 0 Å². The smallest absolute Gasteiger partial charge is 0.161 e. The predicted molar refractivity (Wildman–Crippen MR) is 81.2 cm³/mol. The number of hydrogen-bond acceptors (Lipinski definition) is 5. The fraction of sp³-hybridized carbons (Fsp3) is 0.533. The molecule has 0 atom stereocenters. The SMILES string of the molecule is CC(=O)c1ccc(N2CCCN(CCO)CC2)cc1N. The number of aliphatic hydroxyl groups excluding tert-OH is 1. The Labute approximate surface area is 120 Å². The number of hydrogen-bond donors (Lipinski definition) is 2. The van der Waals surface area contributed by atoms with Crippen LogP contribution in [-0.4, -0.2) is 55.1 Å². The largest absolute Gasteiger partial charge is 0.398 e. The normalized spacial score (nSPS) is 17.0. The molecular weight excluding hydrogens is 254 g/mol. The molecule has 5 nitrogen and oxygen atoms in total. The van der Waals surface area contributed by atoms with Gasteiger partial charge in [0.15, 0.2) is 5.78 Å². The minimum atomic E-state index is -0.000891. The predicted octanol–water partition coefficient (Wildman–Crippen LogP) is 0.976. The van der Waals surface area contributed by atoms with Crippen molar-refractivity contribution in [1.29, 1.82) is 0 Å². The molecular formula is C15H23N3O2. The number of anilines is 2. The summed E-state index contributed by atoms with van der Waals surface area (Å²) in [6, 6.07) is 5.66. The van der Waals surface area contributed by atoms with Crippen molar-refractivity contribution in [2.24, 2.45) is 0 Å². The van der Waals surface area contributed by atoms with Gasteiger partial charge < -0.3 is 15.7 Å². The summed E-state index contributed by atoms with van der Waals surface area (Å²) in [5, 5.41) is 9.01. The maximum absolute atomic E-state index is 11.4. The third-order valence-electron chi connectivity index (χ3n) is 3.78. The molecule has 1 heterocycles. The third-order valence-corrected chi connectivity index (χ3v) is 3.78. The molecule has 0 amide bonds. The second-order valence-corrected chi connectivity index (χ2v) is 5.23. The van der Waals surface area contributed by atoms with E-state index in [2.05, 4.69) is 9.80 Å². The number of rotatable bonds is 4. The first-order valence-electron chi connectivity index (χ1n) is 7.10. The van der Waals surface area contributed by atoms with Crippen molar-refractivity contribution >= 4 is 17.2 Å². The lowest BCUT2D eigenvalue weighted by atomic mass is 10.1. The summed E-state index contributed by atoms with van der Waals surface area (Å²) in [5.74, 6) is -0.000891. The molecule has 0 saturated carbocycles. The third kappa shape index (κ3) is 3.49. The number of aliphatic hydroxyl groups is 1. The Hall–Kier alpha value is -1.59. The van der Waals surface area contributed by atoms with Gasteiger partial charge in [-0.1, -0.05) is 0 Å². The second kappa shape index (κ2) is 6.72. The number of carbonyl (C=O) groups is 1. The Morgan fingerprint density at radius 3 is 2.75 bits per heavy atom. The van der Waals surface area contributed by atoms with Crippen molar-refractivity contribution in [3.63, 3.8) is 0 Å². The molecule has 1 saturated heterocycles. The topological polar surface area (TPSA) is 69.8 Å². The lowest BCUT2D eigenvalue weighted by molar-refractivity contribution is 0.101. The van der Waals surface area contributed by atoms with Crippen LogP contribution >= 0.6 is 0 Å². The summed E-state index contributed by atoms with van der Waals surface area (Å²) < 4.78 is 0. The van der Waals surface area contributed by atoms with Crippen molar-refractivity contribution in [2.75, 3.05) is 50.0 Å². The lowest BCUT2D eigenvalue weighted by Crippen LogP contribution is -2.32. The summed E-state index contributed by atoms with van der Waals surface area (Å²) >= 11 is 0. The number of ketones is 1. The first-order chi connectivity index (χ1) is 9.61. The van der Waals surface area contributed by atoms with Crippen molar-refractivity contribution in [1.82, 2.24) is 4.90 Å². The molecule has 0 radical (unpaired) electrons. The molecule has 0 unspecified atom stereocenters. The van der Waals surface area contributed by atoms with E-state index in [0.717, 1.165) is 44.8 Å². The Bertz CT molecular complexity index is 476. The van der Waals surface area contributed by atoms with Crippen LogP contribution < -0.4 is 10.6 Å². The zero-order valence-corrected chi connectivity index (χ0v) is 12.0. The van der Waals surface area contributed by atoms with Gasteiger partial charge in [-0.15, -0.1) is 0 Å². The molecule has 0 aromatic heterocycles. The quantitative estimate of drug-likeness (QED) is 0.634. The Morgan fingerprint density at radius 2 is 2.10 bits per heavy atom. The average Bonchev–Trinajstić information content (AvgIpc) is 2.64. The molecule has 0 bridgehead atoms. The van der Waals surface area contributed by atoms with Crippen LogP contribution in [0.5, 0.6) is 0 Å². The maximum atomic E-state index is 11.4. The van der Waals surface area contributed by atoms with Crippen molar-refractivity contribution in [3.05, 3.63) is 23.8 Å². The number of benzene rings is 1. The number of nitrogens with zero attached hydrogens (tertiary/aromatic N) is 2. The van der Waals surface area contributed by atoms with Crippen LogP contribution in [0, 0.1) is 0 Å². The van der Waals surface area contributed by atoms with Crippen molar-refractivity contribution in [2.45, 2.75) is 13.3 Å². The van der Waals surface area contributed by atoms with E-state index in [-0.39, 0.29) is 12.4 Å². The molecule has 5 heteroatoms. The van der Waals surface area contributed by atoms with E-state index < -0.39 is 0 Å². The molecule has 0 spiro atoms. The van der Waals surface area contributed by atoms with Crippen molar-refractivity contribution in [3.8, 4) is 0 Å². The van der Waals surface area contributed by atoms with E-state index in [9.17, 15) is 4.79 Å². The van der Waals surface area contributed by atoms with E-state index in [1.807, 2.05) is 18.2 Å². The van der Waals surface area contributed by atoms with E-state index in [1.54, 1.807) is 0 Å². The zero-order valence-electron chi connectivity index (χ0n) is 12.0. The van der Waals surface area contributed by atoms with Gasteiger partial charge in [0.05, 0.1) is 6.61 Å². The van der Waals surface area contributed by atoms with E-state index in [4.69, 9.17) is 10.8 Å². The number of Topliss-reactive ketones (excluding diaryl/α,β-unsaturated/α-hetero) is 1. The molecule has 1 aliphatic heterocycles. The lowest BCUT2D eigenvalue weighted by Gasteiger charge is -2.24. The first kappa shape index (κ1) is 14.8. The van der Waals surface area contributed by atoms with Gasteiger partial charge in [-0.2, -0.15) is 0 Å². The molecule has 1 aromatic carbocycles. The highest BCUT2D eigenvalue weighted by atomic mass is 16.3. The Morgan fingerprint density at radius 1 is 1.30 bits per heavy atom. The summed E-state index contributed by atoms with van der Waals surface area (Å²) in [6.07, 6.45) is 1.06. The van der Waals surface area contributed by atoms with Crippen LogP contribution in [0.2, 0.25) is 0 Å². The summed E-state index contributed by atoms with van der Waals surface area (Å²) in [5.41, 5.74) is 8.16. The molecule has 1 aliphatic rings. The highest BCUT2D eigenvalue weighted by molar-refractivity contribution is 5.99. The van der Waals surface area contributed by atoms with E-state index in [0.29, 0.717) is 11.3 Å². The van der Waals surface area contributed by atoms with E-state index in [1.165, 1.54) is 6.92 Å². The van der Waals surface area contributed by atoms with Crippen LogP contribution in [0.15, 0.2) is 18.2 Å². The summed E-state index contributed by atoms with van der Waals surface area (Å²) in [7, 11) is 0. The van der Waals surface area contributed by atoms with Gasteiger partial charge in [0.25, 0.3) is 0 Å². The van der Waals surface area contributed by atoms with Gasteiger partial charge in [-0.3, -0.25) is 9.69 Å². The van der Waals surface area contributed by atoms with Crippen molar-refractivity contribution < 1.29 is 9.90 Å². The Kier molecular flexibility index (Phi) is 4.98. The van der Waals surface area contributed by atoms with Gasteiger partial charge in [-0.25, -0.2) is 0 Å². The fourth-order valence-corrected chi connectivity index (χ4v) is 2.66. The second-order valence-electron chi connectivity index (χ2n) is 5.23. The Balaban J connectivity index is 2.08. The standard InChI is InChI=1S/C15H23N3O2/c1-12(20)14-4-3-13(11-15(14)16)18-6-2-5-17(7-8-18)9-10-19/h3-4,11,19H,2,5-10,16H2,1H3. The van der Waals surface area contributed by atoms with Crippen LogP contribution in [0.1, 0.15) is 23.7 Å². The monoisotopic (exact) mass is 277 g/mol. The number of nitrogen functional groups attached to an aromatic ring is 1. The van der Waals surface area contributed by atoms with Gasteiger partial charge in [-0.05, 0) is 38.1 Å². The minimum absolute atomic E-state index is 0.000891. The molecule has 1 fully saturated rings. The van der Waals surface area contributed by atoms with Gasteiger partial charge in [0, 0.05) is 43.1 Å². The molecule has 110 valence electrons. The molecule has 0 aliphatic carbocycles.